The van der Waals surface area contributed by atoms with Gasteiger partial charge in [0.2, 0.25) is 0 Å². The minimum absolute atomic E-state index is 0.248. The maximum absolute atomic E-state index is 12.7. The highest BCUT2D eigenvalue weighted by Gasteiger charge is 2.31. The first kappa shape index (κ1) is 20.0. The molecule has 9 heteroatoms. The third kappa shape index (κ3) is 5.15. The lowest BCUT2D eigenvalue weighted by atomic mass is 10.2. The van der Waals surface area contributed by atoms with Crippen LogP contribution in [0.2, 0.25) is 5.02 Å². The third-order valence-corrected chi connectivity index (χ3v) is 5.35. The Morgan fingerprint density at radius 2 is 1.96 bits per heavy atom. The van der Waals surface area contributed by atoms with Crippen LogP contribution in [0.4, 0.5) is 24.5 Å². The minimum Gasteiger partial charge on any atom is -0.332 e. The number of nitrogens with one attached hydrogen (secondary N) is 1. The van der Waals surface area contributed by atoms with E-state index in [0.29, 0.717) is 27.5 Å². The Hall–Kier alpha value is -1.77. The fraction of sp³-hybridized carbons (Fsp3) is 0.222. The average molecular weight is 430 g/mol. The molecule has 0 aromatic heterocycles. The van der Waals surface area contributed by atoms with Gasteiger partial charge in [0.25, 0.3) is 0 Å². The molecule has 1 saturated heterocycles. The van der Waals surface area contributed by atoms with Crippen molar-refractivity contribution in [2.75, 3.05) is 11.9 Å². The normalized spacial score (nSPS) is 18.8. The van der Waals surface area contributed by atoms with Gasteiger partial charge in [-0.05, 0) is 54.7 Å². The van der Waals surface area contributed by atoms with E-state index in [0.717, 1.165) is 17.8 Å². The summed E-state index contributed by atoms with van der Waals surface area (Å²) in [5, 5.41) is 5.05. The van der Waals surface area contributed by atoms with E-state index in [2.05, 4.69) is 10.3 Å². The highest BCUT2D eigenvalue weighted by Crippen LogP contribution is 2.32. The summed E-state index contributed by atoms with van der Waals surface area (Å²) in [6.07, 6.45) is -4.36. The number of thiocarbonyl (C=S) groups is 1. The average Bonchev–Trinajstić information content (AvgIpc) is 2.95. The van der Waals surface area contributed by atoms with E-state index in [1.54, 1.807) is 12.1 Å². The van der Waals surface area contributed by atoms with Crippen LogP contribution in [0, 0.1) is 0 Å². The van der Waals surface area contributed by atoms with Crippen LogP contribution >= 0.6 is 35.6 Å². The van der Waals surface area contributed by atoms with Crippen LogP contribution in [-0.2, 0) is 6.18 Å². The largest absolute Gasteiger partial charge is 0.416 e. The molecule has 1 heterocycles. The number of hydrogen-bond donors (Lipinski definition) is 1. The van der Waals surface area contributed by atoms with Crippen LogP contribution < -0.4 is 5.32 Å². The van der Waals surface area contributed by atoms with Crippen LogP contribution in [0.15, 0.2) is 53.5 Å². The van der Waals surface area contributed by atoms with Gasteiger partial charge in [-0.25, -0.2) is 4.99 Å². The van der Waals surface area contributed by atoms with Gasteiger partial charge in [-0.1, -0.05) is 36.4 Å². The van der Waals surface area contributed by atoms with Gasteiger partial charge in [0.1, 0.15) is 0 Å². The Bertz CT molecular complexity index is 869. The predicted molar refractivity (Wildman–Crippen MR) is 110 cm³/mol. The van der Waals surface area contributed by atoms with Crippen molar-refractivity contribution < 1.29 is 13.2 Å². The summed E-state index contributed by atoms with van der Waals surface area (Å²) in [7, 11) is 0. The first-order valence-electron chi connectivity index (χ1n) is 7.99. The van der Waals surface area contributed by atoms with Crippen molar-refractivity contribution >= 4 is 57.2 Å². The van der Waals surface area contributed by atoms with Gasteiger partial charge >= 0.3 is 6.18 Å². The van der Waals surface area contributed by atoms with Crippen molar-refractivity contribution in [3.05, 3.63) is 59.1 Å². The molecule has 1 aliphatic rings. The number of amidine groups is 1. The van der Waals surface area contributed by atoms with Crippen molar-refractivity contribution in [1.82, 2.24) is 4.90 Å². The van der Waals surface area contributed by atoms with Gasteiger partial charge < -0.3 is 5.32 Å². The van der Waals surface area contributed by atoms with Gasteiger partial charge in [-0.15, -0.1) is 0 Å². The smallest absolute Gasteiger partial charge is 0.332 e. The second kappa shape index (κ2) is 8.08. The van der Waals surface area contributed by atoms with Crippen molar-refractivity contribution in [1.29, 1.82) is 0 Å². The highest BCUT2D eigenvalue weighted by molar-refractivity contribution is 8.14. The molecule has 1 fully saturated rings. The van der Waals surface area contributed by atoms with Gasteiger partial charge in [-0.2, -0.15) is 13.2 Å². The molecule has 3 nitrogen and oxygen atoms in total. The molecule has 0 radical (unpaired) electrons. The first-order valence-corrected chi connectivity index (χ1v) is 9.65. The van der Waals surface area contributed by atoms with Crippen molar-refractivity contribution in [3.8, 4) is 0 Å². The number of aliphatic imine (C=N–C) groups is 1. The number of thioether (sulfide) groups is 1. The quantitative estimate of drug-likeness (QED) is 0.577. The van der Waals surface area contributed by atoms with E-state index >= 15 is 0 Å². The minimum atomic E-state index is -4.36. The number of alkyl halides is 3. The molecule has 2 aromatic carbocycles. The molecule has 1 atom stereocenters. The molecule has 142 valence electrons. The maximum atomic E-state index is 12.7. The molecule has 0 aliphatic carbocycles. The van der Waals surface area contributed by atoms with Crippen molar-refractivity contribution in [3.63, 3.8) is 0 Å². The molecule has 2 aromatic rings. The van der Waals surface area contributed by atoms with Gasteiger partial charge in [0.15, 0.2) is 10.3 Å². The number of anilines is 1. The molecule has 1 aliphatic heterocycles. The second-order valence-electron chi connectivity index (χ2n) is 5.92. The number of nitrogens with zero attached hydrogens (tertiary/aromatic N) is 2. The monoisotopic (exact) mass is 429 g/mol. The van der Waals surface area contributed by atoms with E-state index in [1.165, 1.54) is 23.9 Å². The SMILES string of the molecule is CC1CN(C(=S)Nc2cccc(Cl)c2)C(=Nc2ccc(C(F)(F)F)cc2)S1. The van der Waals surface area contributed by atoms with E-state index in [1.807, 2.05) is 24.0 Å². The number of hydrogen-bond acceptors (Lipinski definition) is 3. The summed E-state index contributed by atoms with van der Waals surface area (Å²) in [6.45, 7) is 2.69. The first-order chi connectivity index (χ1) is 12.7. The Morgan fingerprint density at radius 1 is 1.26 bits per heavy atom. The lowest BCUT2D eigenvalue weighted by Gasteiger charge is -2.20. The molecular formula is C18H15ClF3N3S2. The molecule has 0 bridgehead atoms. The lowest BCUT2D eigenvalue weighted by Crippen LogP contribution is -2.36. The lowest BCUT2D eigenvalue weighted by molar-refractivity contribution is -0.137. The van der Waals surface area contributed by atoms with E-state index < -0.39 is 11.7 Å². The fourth-order valence-electron chi connectivity index (χ4n) is 2.47. The van der Waals surface area contributed by atoms with Gasteiger partial charge in [-0.3, -0.25) is 4.90 Å². The Kier molecular flexibility index (Phi) is 5.98. The molecule has 27 heavy (non-hydrogen) atoms. The number of benzene rings is 2. The standard InChI is InChI=1S/C18H15ClF3N3S2/c1-11-10-25(16(26)23-15-4-2-3-13(19)9-15)17(27-11)24-14-7-5-12(6-8-14)18(20,21)22/h2-9,11H,10H2,1H3,(H,23,26). The summed E-state index contributed by atoms with van der Waals surface area (Å²) in [5.41, 5.74) is 0.495. The van der Waals surface area contributed by atoms with Gasteiger partial charge in [0.05, 0.1) is 11.3 Å². The van der Waals surface area contributed by atoms with Crippen LogP contribution in [0.1, 0.15) is 12.5 Å². The van der Waals surface area contributed by atoms with Crippen molar-refractivity contribution in [2.45, 2.75) is 18.3 Å². The Balaban J connectivity index is 1.79. The van der Waals surface area contributed by atoms with Crippen LogP contribution in [0.3, 0.4) is 0 Å². The van der Waals surface area contributed by atoms with Crippen LogP contribution in [0.25, 0.3) is 0 Å². The molecular weight excluding hydrogens is 415 g/mol. The van der Waals surface area contributed by atoms with Crippen LogP contribution in [-0.4, -0.2) is 27.0 Å². The summed E-state index contributed by atoms with van der Waals surface area (Å²) in [4.78, 5) is 6.31. The van der Waals surface area contributed by atoms with Crippen molar-refractivity contribution in [2.24, 2.45) is 4.99 Å². The zero-order chi connectivity index (χ0) is 19.6. The topological polar surface area (TPSA) is 27.6 Å². The molecule has 3 rings (SSSR count). The molecule has 0 saturated carbocycles. The molecule has 1 N–H and O–H groups in total. The summed E-state index contributed by atoms with van der Waals surface area (Å²) < 4.78 is 38.1. The summed E-state index contributed by atoms with van der Waals surface area (Å²) >= 11 is 13.0. The Labute approximate surface area is 169 Å². The van der Waals surface area contributed by atoms with E-state index in [9.17, 15) is 13.2 Å². The summed E-state index contributed by atoms with van der Waals surface area (Å²) in [5.74, 6) is 0. The van der Waals surface area contributed by atoms with Gasteiger partial charge in [0, 0.05) is 22.5 Å². The molecule has 0 spiro atoms. The summed E-state index contributed by atoms with van der Waals surface area (Å²) in [6, 6.07) is 11.9. The molecule has 0 amide bonds. The van der Waals surface area contributed by atoms with Crippen LogP contribution in [0.5, 0.6) is 0 Å². The van der Waals surface area contributed by atoms with E-state index in [4.69, 9.17) is 23.8 Å². The van der Waals surface area contributed by atoms with E-state index in [-0.39, 0.29) is 5.25 Å². The predicted octanol–water partition coefficient (Wildman–Crippen LogP) is 6.18. The number of halogens is 4. The fourth-order valence-corrected chi connectivity index (χ4v) is 4.03. The Morgan fingerprint density at radius 3 is 2.59 bits per heavy atom. The number of rotatable bonds is 2. The highest BCUT2D eigenvalue weighted by atomic mass is 35.5. The third-order valence-electron chi connectivity index (χ3n) is 3.72. The molecule has 1 unspecified atom stereocenters. The zero-order valence-corrected chi connectivity index (χ0v) is 16.5. The second-order valence-corrected chi connectivity index (χ2v) is 8.15. The zero-order valence-electron chi connectivity index (χ0n) is 14.1. The maximum Gasteiger partial charge on any atom is 0.416 e.